The molecule has 0 aliphatic carbocycles. The van der Waals surface area contributed by atoms with Gasteiger partial charge >= 0.3 is 0 Å². The van der Waals surface area contributed by atoms with Gasteiger partial charge in [0.05, 0.1) is 0 Å². The highest BCUT2D eigenvalue weighted by atomic mass is 16.3. The van der Waals surface area contributed by atoms with Crippen molar-refractivity contribution in [3.8, 4) is 22.3 Å². The van der Waals surface area contributed by atoms with Crippen LogP contribution >= 0.6 is 0 Å². The summed E-state index contributed by atoms with van der Waals surface area (Å²) in [5.74, 6) is 0.778. The minimum atomic E-state index is 0.236. The highest BCUT2D eigenvalue weighted by Crippen LogP contribution is 2.37. The van der Waals surface area contributed by atoms with Crippen LogP contribution in [-0.4, -0.2) is 11.7 Å². The fourth-order valence-corrected chi connectivity index (χ4v) is 6.03. The zero-order valence-electron chi connectivity index (χ0n) is 24.2. The molecule has 5 nitrogen and oxygen atoms in total. The fraction of sp³-hybridized carbons (Fsp3) is 0. The average molecular weight is 582 g/mol. The van der Waals surface area contributed by atoms with Crippen LogP contribution in [0.15, 0.2) is 160 Å². The summed E-state index contributed by atoms with van der Waals surface area (Å²) in [7, 11) is 0. The van der Waals surface area contributed by atoms with E-state index in [1.165, 1.54) is 6.20 Å². The Kier molecular flexibility index (Phi) is 6.35. The summed E-state index contributed by atoms with van der Waals surface area (Å²) in [6.07, 6.45) is 1.48. The highest BCUT2D eigenvalue weighted by Gasteiger charge is 2.15. The lowest BCUT2D eigenvalue weighted by Crippen LogP contribution is -2.31. The molecule has 0 atom stereocenters. The standard InChI is InChI=1S/C40H27N3O2/c1-2-42-40(28-23-19-26(20-24-28)30-12-8-14-34-32-10-4-6-16-36(32)45-38(30)34)43-39(41)27-21-17-25(18-22-27)29-11-7-13-33-31-9-3-5-15-35(31)44-37(29)33/h2-24H,1H2,(H2,41,42,43). The molecular formula is C40H27N3O2. The molecule has 0 unspecified atom stereocenters. The van der Waals surface area contributed by atoms with E-state index >= 15 is 0 Å². The van der Waals surface area contributed by atoms with Crippen LogP contribution in [0.3, 0.4) is 0 Å². The molecule has 0 saturated heterocycles. The third-order valence-electron chi connectivity index (χ3n) is 8.23. The number of benzene rings is 6. The number of furan rings is 2. The first-order valence-electron chi connectivity index (χ1n) is 14.7. The number of hydrogen-bond acceptors (Lipinski definition) is 4. The van der Waals surface area contributed by atoms with E-state index in [0.29, 0.717) is 5.84 Å². The number of nitrogens with zero attached hydrogens (tertiary/aromatic N) is 1. The molecule has 2 aromatic heterocycles. The maximum Gasteiger partial charge on any atom is 0.143 e. The molecule has 8 aromatic rings. The third-order valence-corrected chi connectivity index (χ3v) is 8.23. The summed E-state index contributed by atoms with van der Waals surface area (Å²) in [4.78, 5) is 4.46. The van der Waals surface area contributed by atoms with Gasteiger partial charge in [-0.3, -0.25) is 5.41 Å². The van der Waals surface area contributed by atoms with Crippen molar-refractivity contribution >= 4 is 55.5 Å². The lowest BCUT2D eigenvalue weighted by molar-refractivity contribution is 0.669. The van der Waals surface area contributed by atoms with Crippen molar-refractivity contribution in [2.45, 2.75) is 0 Å². The van der Waals surface area contributed by atoms with Crippen LogP contribution in [0.2, 0.25) is 0 Å². The Labute approximate surface area is 259 Å². The normalized spacial score (nSPS) is 11.9. The summed E-state index contributed by atoms with van der Waals surface area (Å²) >= 11 is 0. The molecule has 214 valence electrons. The molecular weight excluding hydrogens is 554 g/mol. The summed E-state index contributed by atoms with van der Waals surface area (Å²) in [6.45, 7) is 3.79. The fourth-order valence-electron chi connectivity index (χ4n) is 6.03. The Morgan fingerprint density at radius 3 is 1.53 bits per heavy atom. The van der Waals surface area contributed by atoms with E-state index in [-0.39, 0.29) is 5.84 Å². The molecule has 8 rings (SSSR count). The molecule has 0 radical (unpaired) electrons. The number of amidine groups is 2. The van der Waals surface area contributed by atoms with Gasteiger partial charge in [0.25, 0.3) is 0 Å². The largest absolute Gasteiger partial charge is 0.455 e. The number of nitrogens with one attached hydrogen (secondary N) is 2. The monoisotopic (exact) mass is 581 g/mol. The molecule has 0 aliphatic rings. The van der Waals surface area contributed by atoms with E-state index < -0.39 is 0 Å². The van der Waals surface area contributed by atoms with Gasteiger partial charge in [0, 0.05) is 50.0 Å². The SMILES string of the molecule is C=CN=C(NC(=N)c1ccc(-c2cccc3c2oc2ccccc23)cc1)c1ccc(-c2cccc3c2oc2ccccc23)cc1. The molecule has 5 heteroatoms. The van der Waals surface area contributed by atoms with Crippen molar-refractivity contribution in [3.05, 3.63) is 157 Å². The van der Waals surface area contributed by atoms with Crippen LogP contribution < -0.4 is 5.32 Å². The van der Waals surface area contributed by atoms with Gasteiger partial charge in [-0.25, -0.2) is 4.99 Å². The number of aliphatic imine (C=N–C) groups is 1. The van der Waals surface area contributed by atoms with Gasteiger partial charge in [-0.1, -0.05) is 128 Å². The molecule has 0 amide bonds. The Bertz CT molecular complexity index is 2430. The molecule has 0 bridgehead atoms. The molecule has 2 heterocycles. The van der Waals surface area contributed by atoms with Gasteiger partial charge in [-0.2, -0.15) is 0 Å². The Balaban J connectivity index is 1.05. The third kappa shape index (κ3) is 4.58. The van der Waals surface area contributed by atoms with Crippen LogP contribution in [0.1, 0.15) is 11.1 Å². The van der Waals surface area contributed by atoms with Crippen molar-refractivity contribution < 1.29 is 8.83 Å². The van der Waals surface area contributed by atoms with E-state index in [1.807, 2.05) is 72.8 Å². The predicted molar refractivity (Wildman–Crippen MR) is 185 cm³/mol. The molecule has 0 saturated carbocycles. The maximum absolute atomic E-state index is 8.83. The molecule has 6 aromatic carbocycles. The van der Waals surface area contributed by atoms with E-state index in [9.17, 15) is 0 Å². The van der Waals surface area contributed by atoms with Crippen molar-refractivity contribution in [2.75, 3.05) is 0 Å². The Hall–Kier alpha value is -6.20. The van der Waals surface area contributed by atoms with E-state index in [2.05, 4.69) is 77.6 Å². The number of fused-ring (bicyclic) bond motifs is 6. The minimum absolute atomic E-state index is 0.236. The molecule has 2 N–H and O–H groups in total. The van der Waals surface area contributed by atoms with E-state index in [1.54, 1.807) is 0 Å². The zero-order valence-corrected chi connectivity index (χ0v) is 24.2. The zero-order chi connectivity index (χ0) is 30.3. The van der Waals surface area contributed by atoms with Gasteiger partial charge in [-0.05, 0) is 23.3 Å². The molecule has 0 aliphatic heterocycles. The molecule has 45 heavy (non-hydrogen) atoms. The first kappa shape index (κ1) is 26.4. The van der Waals surface area contributed by atoms with Crippen molar-refractivity contribution in [1.82, 2.24) is 5.32 Å². The average Bonchev–Trinajstić information content (AvgIpc) is 3.67. The summed E-state index contributed by atoms with van der Waals surface area (Å²) in [5.41, 5.74) is 9.15. The van der Waals surface area contributed by atoms with Gasteiger partial charge < -0.3 is 14.2 Å². The first-order valence-corrected chi connectivity index (χ1v) is 14.7. The summed E-state index contributed by atoms with van der Waals surface area (Å²) < 4.78 is 12.5. The van der Waals surface area contributed by atoms with E-state index in [4.69, 9.17) is 14.2 Å². The van der Waals surface area contributed by atoms with E-state index in [0.717, 1.165) is 77.3 Å². The summed E-state index contributed by atoms with van der Waals surface area (Å²) in [5, 5.41) is 16.4. The molecule has 0 fully saturated rings. The second kappa shape index (κ2) is 10.8. The van der Waals surface area contributed by atoms with Gasteiger partial charge in [0.1, 0.15) is 34.0 Å². The van der Waals surface area contributed by atoms with Crippen molar-refractivity contribution in [3.63, 3.8) is 0 Å². The number of para-hydroxylation sites is 4. The summed E-state index contributed by atoms with van der Waals surface area (Å²) in [6, 6.07) is 44.6. The van der Waals surface area contributed by atoms with Gasteiger partial charge in [0.2, 0.25) is 0 Å². The lowest BCUT2D eigenvalue weighted by Gasteiger charge is -2.12. The topological polar surface area (TPSA) is 74.5 Å². The van der Waals surface area contributed by atoms with Crippen LogP contribution in [0, 0.1) is 5.41 Å². The predicted octanol–water partition coefficient (Wildman–Crippen LogP) is 10.3. The Morgan fingerprint density at radius 2 is 1.02 bits per heavy atom. The second-order valence-corrected chi connectivity index (χ2v) is 10.9. The maximum atomic E-state index is 8.83. The van der Waals surface area contributed by atoms with Crippen LogP contribution in [-0.2, 0) is 0 Å². The lowest BCUT2D eigenvalue weighted by atomic mass is 10.0. The van der Waals surface area contributed by atoms with Crippen molar-refractivity contribution in [1.29, 1.82) is 5.41 Å². The van der Waals surface area contributed by atoms with Crippen LogP contribution in [0.5, 0.6) is 0 Å². The van der Waals surface area contributed by atoms with Gasteiger partial charge in [0.15, 0.2) is 0 Å². The Morgan fingerprint density at radius 1 is 0.556 bits per heavy atom. The van der Waals surface area contributed by atoms with Crippen LogP contribution in [0.4, 0.5) is 0 Å². The van der Waals surface area contributed by atoms with Crippen LogP contribution in [0.25, 0.3) is 66.1 Å². The first-order chi connectivity index (χ1) is 22.2. The minimum Gasteiger partial charge on any atom is -0.455 e. The second-order valence-electron chi connectivity index (χ2n) is 10.9. The molecule has 0 spiro atoms. The van der Waals surface area contributed by atoms with Crippen molar-refractivity contribution in [2.24, 2.45) is 4.99 Å². The quantitative estimate of drug-likeness (QED) is 0.157. The number of hydrogen-bond donors (Lipinski definition) is 2. The number of rotatable bonds is 5. The van der Waals surface area contributed by atoms with Gasteiger partial charge in [-0.15, -0.1) is 0 Å². The highest BCUT2D eigenvalue weighted by molar-refractivity contribution is 6.15. The smallest absolute Gasteiger partial charge is 0.143 e.